The fourth-order valence-electron chi connectivity index (χ4n) is 2.68. The van der Waals surface area contributed by atoms with Gasteiger partial charge in [-0.25, -0.2) is 23.2 Å². The number of ether oxygens (including phenoxy) is 1. The quantitative estimate of drug-likeness (QED) is 0.722. The first-order valence-electron chi connectivity index (χ1n) is 8.16. The topological polar surface area (TPSA) is 127 Å². The van der Waals surface area contributed by atoms with Gasteiger partial charge in [-0.1, -0.05) is 6.07 Å². The van der Waals surface area contributed by atoms with Crippen LogP contribution in [0.25, 0.3) is 0 Å². The molecule has 1 fully saturated rings. The normalized spacial score (nSPS) is 17.9. The fourth-order valence-corrected chi connectivity index (χ4v) is 4.36. The number of sulfone groups is 1. The first kappa shape index (κ1) is 18.8. The van der Waals surface area contributed by atoms with Crippen molar-refractivity contribution in [2.75, 3.05) is 23.9 Å². The van der Waals surface area contributed by atoms with Crippen LogP contribution < -0.4 is 10.6 Å². The van der Waals surface area contributed by atoms with Crippen LogP contribution in [0.15, 0.2) is 36.5 Å². The van der Waals surface area contributed by atoms with Gasteiger partial charge >= 0.3 is 5.97 Å². The molecule has 27 heavy (non-hydrogen) atoms. The zero-order chi connectivity index (χ0) is 19.4. The van der Waals surface area contributed by atoms with Gasteiger partial charge in [-0.3, -0.25) is 4.79 Å². The number of anilines is 2. The number of esters is 1. The standard InChI is InChI=1S/C17H18N4O5S/c1-26-16(23)11-3-2-4-12(9-11)20-17-18-7-5-14(21-17)15(22)19-13-6-8-27(24,25)10-13/h2-5,7,9,13H,6,8,10H2,1H3,(H,19,22)(H,18,20,21). The molecule has 0 aliphatic carbocycles. The van der Waals surface area contributed by atoms with E-state index < -0.39 is 27.8 Å². The zero-order valence-corrected chi connectivity index (χ0v) is 15.3. The Labute approximate surface area is 156 Å². The van der Waals surface area contributed by atoms with Crippen LogP contribution in [-0.2, 0) is 14.6 Å². The van der Waals surface area contributed by atoms with Crippen LogP contribution in [0, 0.1) is 0 Å². The lowest BCUT2D eigenvalue weighted by Gasteiger charge is -2.11. The lowest BCUT2D eigenvalue weighted by molar-refractivity contribution is 0.0600. The van der Waals surface area contributed by atoms with Crippen LogP contribution in [0.2, 0.25) is 0 Å². The summed E-state index contributed by atoms with van der Waals surface area (Å²) in [6, 6.07) is 7.60. The molecular formula is C17H18N4O5S. The summed E-state index contributed by atoms with van der Waals surface area (Å²) in [5, 5.41) is 5.60. The van der Waals surface area contributed by atoms with Crippen molar-refractivity contribution in [3.05, 3.63) is 47.8 Å². The molecule has 9 nitrogen and oxygen atoms in total. The largest absolute Gasteiger partial charge is 0.465 e. The molecule has 10 heteroatoms. The van der Waals surface area contributed by atoms with Crippen molar-refractivity contribution in [3.63, 3.8) is 0 Å². The van der Waals surface area contributed by atoms with Crippen molar-refractivity contribution in [2.45, 2.75) is 12.5 Å². The number of hydrogen-bond acceptors (Lipinski definition) is 8. The van der Waals surface area contributed by atoms with E-state index in [9.17, 15) is 18.0 Å². The number of benzene rings is 1. The summed E-state index contributed by atoms with van der Waals surface area (Å²) >= 11 is 0. The second kappa shape index (κ2) is 7.70. The third kappa shape index (κ3) is 4.79. The van der Waals surface area contributed by atoms with E-state index in [2.05, 4.69) is 25.3 Å². The van der Waals surface area contributed by atoms with Crippen molar-refractivity contribution in [3.8, 4) is 0 Å². The van der Waals surface area contributed by atoms with Crippen molar-refractivity contribution in [1.82, 2.24) is 15.3 Å². The Morgan fingerprint density at radius 1 is 1.26 bits per heavy atom. The molecule has 1 aromatic carbocycles. The predicted octanol–water partition coefficient (Wildman–Crippen LogP) is 0.924. The summed E-state index contributed by atoms with van der Waals surface area (Å²) in [7, 11) is -1.79. The highest BCUT2D eigenvalue weighted by atomic mass is 32.2. The predicted molar refractivity (Wildman–Crippen MR) is 97.6 cm³/mol. The van der Waals surface area contributed by atoms with Gasteiger partial charge in [0.25, 0.3) is 5.91 Å². The minimum absolute atomic E-state index is 0.0603. The number of nitrogens with zero attached hydrogens (tertiary/aromatic N) is 2. The van der Waals surface area contributed by atoms with Crippen LogP contribution in [-0.4, -0.2) is 54.9 Å². The maximum atomic E-state index is 12.3. The Hall–Kier alpha value is -3.01. The van der Waals surface area contributed by atoms with E-state index in [1.807, 2.05) is 0 Å². The lowest BCUT2D eigenvalue weighted by Crippen LogP contribution is -2.36. The number of amides is 1. The summed E-state index contributed by atoms with van der Waals surface area (Å²) in [6.07, 6.45) is 1.81. The molecule has 0 spiro atoms. The third-order valence-corrected chi connectivity index (χ3v) is 5.76. The van der Waals surface area contributed by atoms with Crippen LogP contribution >= 0.6 is 0 Å². The first-order valence-corrected chi connectivity index (χ1v) is 9.98. The molecule has 2 aromatic rings. The second-order valence-electron chi connectivity index (χ2n) is 6.04. The molecule has 0 bridgehead atoms. The molecule has 3 rings (SSSR count). The van der Waals surface area contributed by atoms with Gasteiger partial charge < -0.3 is 15.4 Å². The summed E-state index contributed by atoms with van der Waals surface area (Å²) in [4.78, 5) is 32.1. The van der Waals surface area contributed by atoms with Crippen molar-refractivity contribution >= 4 is 33.3 Å². The van der Waals surface area contributed by atoms with E-state index in [-0.39, 0.29) is 23.1 Å². The molecule has 1 saturated heterocycles. The third-order valence-electron chi connectivity index (χ3n) is 4.00. The van der Waals surface area contributed by atoms with Gasteiger partial charge in [0, 0.05) is 17.9 Å². The van der Waals surface area contributed by atoms with E-state index in [1.165, 1.54) is 19.4 Å². The number of rotatable bonds is 5. The molecule has 142 valence electrons. The number of carbonyl (C=O) groups excluding carboxylic acids is 2. The molecule has 1 aliphatic heterocycles. The average Bonchev–Trinajstić information content (AvgIpc) is 2.99. The Balaban J connectivity index is 1.70. The van der Waals surface area contributed by atoms with Crippen molar-refractivity contribution < 1.29 is 22.7 Å². The Morgan fingerprint density at radius 2 is 2.07 bits per heavy atom. The highest BCUT2D eigenvalue weighted by Gasteiger charge is 2.29. The smallest absolute Gasteiger partial charge is 0.337 e. The highest BCUT2D eigenvalue weighted by Crippen LogP contribution is 2.16. The van der Waals surface area contributed by atoms with Crippen LogP contribution in [0.4, 0.5) is 11.6 Å². The van der Waals surface area contributed by atoms with Crippen LogP contribution in [0.1, 0.15) is 27.3 Å². The maximum Gasteiger partial charge on any atom is 0.337 e. The summed E-state index contributed by atoms with van der Waals surface area (Å²) < 4.78 is 27.7. The van der Waals surface area contributed by atoms with Gasteiger partial charge in [-0.05, 0) is 30.7 Å². The Morgan fingerprint density at radius 3 is 2.78 bits per heavy atom. The number of nitrogens with one attached hydrogen (secondary N) is 2. The Kier molecular flexibility index (Phi) is 5.36. The first-order chi connectivity index (χ1) is 12.9. The summed E-state index contributed by atoms with van der Waals surface area (Å²) in [5.74, 6) is -0.755. The van der Waals surface area contributed by atoms with E-state index in [0.29, 0.717) is 17.7 Å². The van der Waals surface area contributed by atoms with Gasteiger partial charge in [-0.2, -0.15) is 0 Å². The van der Waals surface area contributed by atoms with Gasteiger partial charge in [0.1, 0.15) is 5.69 Å². The molecule has 1 aliphatic rings. The van der Waals surface area contributed by atoms with Gasteiger partial charge in [0.15, 0.2) is 9.84 Å². The summed E-state index contributed by atoms with van der Waals surface area (Å²) in [5.41, 5.74) is 1.03. The second-order valence-corrected chi connectivity index (χ2v) is 8.27. The SMILES string of the molecule is COC(=O)c1cccc(Nc2nccc(C(=O)NC3CCS(=O)(=O)C3)n2)c1. The van der Waals surface area contributed by atoms with Crippen molar-refractivity contribution in [1.29, 1.82) is 0 Å². The number of carbonyl (C=O) groups is 2. The number of aromatic nitrogens is 2. The van der Waals surface area contributed by atoms with Crippen LogP contribution in [0.3, 0.4) is 0 Å². The molecule has 1 aromatic heterocycles. The van der Waals surface area contributed by atoms with Crippen LogP contribution in [0.5, 0.6) is 0 Å². The average molecular weight is 390 g/mol. The molecule has 0 saturated carbocycles. The van der Waals surface area contributed by atoms with Gasteiger partial charge in [0.05, 0.1) is 24.2 Å². The Bertz CT molecular complexity index is 977. The number of hydrogen-bond donors (Lipinski definition) is 2. The molecular weight excluding hydrogens is 372 g/mol. The minimum Gasteiger partial charge on any atom is -0.465 e. The van der Waals surface area contributed by atoms with Gasteiger partial charge in [0.2, 0.25) is 5.95 Å². The van der Waals surface area contributed by atoms with Gasteiger partial charge in [-0.15, -0.1) is 0 Å². The van der Waals surface area contributed by atoms with E-state index in [0.717, 1.165) is 0 Å². The summed E-state index contributed by atoms with van der Waals surface area (Å²) in [6.45, 7) is 0. The molecule has 1 amide bonds. The monoisotopic (exact) mass is 390 g/mol. The number of methoxy groups -OCH3 is 1. The van der Waals surface area contributed by atoms with E-state index in [4.69, 9.17) is 0 Å². The highest BCUT2D eigenvalue weighted by molar-refractivity contribution is 7.91. The molecule has 2 N–H and O–H groups in total. The van der Waals surface area contributed by atoms with Crippen molar-refractivity contribution in [2.24, 2.45) is 0 Å². The molecule has 2 heterocycles. The van der Waals surface area contributed by atoms with E-state index in [1.54, 1.807) is 24.3 Å². The fraction of sp³-hybridized carbons (Fsp3) is 0.294. The van der Waals surface area contributed by atoms with E-state index >= 15 is 0 Å². The maximum absolute atomic E-state index is 12.3. The zero-order valence-electron chi connectivity index (χ0n) is 14.5. The molecule has 1 unspecified atom stereocenters. The molecule has 1 atom stereocenters. The lowest BCUT2D eigenvalue weighted by atomic mass is 10.2. The molecule has 0 radical (unpaired) electrons. The minimum atomic E-state index is -3.08.